The third-order valence-corrected chi connectivity index (χ3v) is 6.98. The van der Waals surface area contributed by atoms with Crippen molar-refractivity contribution in [3.05, 3.63) is 55.4 Å². The Balaban J connectivity index is 1.78. The fourth-order valence-corrected chi connectivity index (χ4v) is 5.94. The highest BCUT2D eigenvalue weighted by Gasteiger charge is 2.25. The third kappa shape index (κ3) is 1.66. The molecule has 0 saturated heterocycles. The van der Waals surface area contributed by atoms with Crippen LogP contribution in [-0.4, -0.2) is 0 Å². The standard InChI is InChI=1S/C19H16S2/c1-11-10-17-15-3-2-14-12(13(15)5-7-19(17)21-11)4-6-18-16(14)8-9-20-18/h2-3,8-10H,4-7H2,1H3. The Hall–Kier alpha value is -1.38. The van der Waals surface area contributed by atoms with Gasteiger partial charge in [-0.25, -0.2) is 0 Å². The minimum atomic E-state index is 1.23. The molecule has 2 aromatic heterocycles. The zero-order valence-corrected chi connectivity index (χ0v) is 13.7. The Labute approximate surface area is 133 Å². The summed E-state index contributed by atoms with van der Waals surface area (Å²) < 4.78 is 0. The van der Waals surface area contributed by atoms with E-state index in [1.54, 1.807) is 20.9 Å². The Morgan fingerprint density at radius 2 is 1.48 bits per heavy atom. The van der Waals surface area contributed by atoms with Crippen LogP contribution in [0.4, 0.5) is 0 Å². The quantitative estimate of drug-likeness (QED) is 0.503. The summed E-state index contributed by atoms with van der Waals surface area (Å²) in [7, 11) is 0. The molecule has 0 aliphatic heterocycles. The molecule has 2 heteroatoms. The number of rotatable bonds is 0. The molecule has 2 aliphatic rings. The van der Waals surface area contributed by atoms with Crippen LogP contribution in [0.1, 0.15) is 25.8 Å². The smallest absolute Gasteiger partial charge is 0.0130 e. The molecule has 0 saturated carbocycles. The maximum Gasteiger partial charge on any atom is 0.0130 e. The van der Waals surface area contributed by atoms with Crippen molar-refractivity contribution in [3.8, 4) is 22.3 Å². The van der Waals surface area contributed by atoms with Crippen LogP contribution in [-0.2, 0) is 25.7 Å². The van der Waals surface area contributed by atoms with Gasteiger partial charge in [0.1, 0.15) is 0 Å². The number of thiophene rings is 2. The van der Waals surface area contributed by atoms with Gasteiger partial charge in [0.15, 0.2) is 0 Å². The molecule has 2 aliphatic carbocycles. The van der Waals surface area contributed by atoms with Crippen molar-refractivity contribution >= 4 is 22.7 Å². The van der Waals surface area contributed by atoms with Crippen LogP contribution in [0, 0.1) is 6.92 Å². The van der Waals surface area contributed by atoms with E-state index in [1.807, 2.05) is 22.7 Å². The molecule has 0 spiro atoms. The predicted octanol–water partition coefficient (Wildman–Crippen LogP) is 5.65. The summed E-state index contributed by atoms with van der Waals surface area (Å²) in [6, 6.07) is 9.46. The molecule has 2 heterocycles. The summed E-state index contributed by atoms with van der Waals surface area (Å²) in [6.07, 6.45) is 4.91. The van der Waals surface area contributed by atoms with E-state index < -0.39 is 0 Å². The molecule has 3 aromatic rings. The molecule has 21 heavy (non-hydrogen) atoms. The van der Waals surface area contributed by atoms with Crippen molar-refractivity contribution in [3.63, 3.8) is 0 Å². The summed E-state index contributed by atoms with van der Waals surface area (Å²) in [6.45, 7) is 2.23. The Bertz CT molecular complexity index is 864. The van der Waals surface area contributed by atoms with Gasteiger partial charge >= 0.3 is 0 Å². The van der Waals surface area contributed by atoms with Crippen molar-refractivity contribution in [2.45, 2.75) is 32.6 Å². The topological polar surface area (TPSA) is 0 Å². The number of fused-ring (bicyclic) bond motifs is 7. The minimum absolute atomic E-state index is 1.23. The maximum atomic E-state index is 2.39. The maximum absolute atomic E-state index is 2.39. The lowest BCUT2D eigenvalue weighted by atomic mass is 9.80. The lowest BCUT2D eigenvalue weighted by Gasteiger charge is -2.25. The first-order valence-electron chi connectivity index (χ1n) is 7.62. The zero-order chi connectivity index (χ0) is 14.0. The molecule has 0 N–H and O–H groups in total. The molecule has 0 amide bonds. The summed E-state index contributed by atoms with van der Waals surface area (Å²) in [5, 5.41) is 2.25. The van der Waals surface area contributed by atoms with Gasteiger partial charge < -0.3 is 0 Å². The van der Waals surface area contributed by atoms with Crippen LogP contribution in [0.2, 0.25) is 0 Å². The zero-order valence-electron chi connectivity index (χ0n) is 12.0. The first kappa shape index (κ1) is 12.2. The number of hydrogen-bond acceptors (Lipinski definition) is 2. The van der Waals surface area contributed by atoms with Gasteiger partial charge in [0.25, 0.3) is 0 Å². The van der Waals surface area contributed by atoms with Gasteiger partial charge in [0, 0.05) is 14.6 Å². The van der Waals surface area contributed by atoms with Gasteiger partial charge in [-0.3, -0.25) is 0 Å². The van der Waals surface area contributed by atoms with Crippen molar-refractivity contribution in [1.29, 1.82) is 0 Å². The lowest BCUT2D eigenvalue weighted by molar-refractivity contribution is 0.892. The highest BCUT2D eigenvalue weighted by molar-refractivity contribution is 7.12. The van der Waals surface area contributed by atoms with Crippen LogP contribution >= 0.6 is 22.7 Å². The fourth-order valence-electron chi connectivity index (χ4n) is 4.00. The Morgan fingerprint density at radius 1 is 0.762 bits per heavy atom. The van der Waals surface area contributed by atoms with Gasteiger partial charge in [-0.2, -0.15) is 0 Å². The molecule has 0 nitrogen and oxygen atoms in total. The SMILES string of the molecule is Cc1cc2c(s1)CCc1c-2ccc2c1CCc1sccc1-2. The van der Waals surface area contributed by atoms with Crippen LogP contribution < -0.4 is 0 Å². The van der Waals surface area contributed by atoms with E-state index in [0.717, 1.165) is 0 Å². The second-order valence-electron chi connectivity index (χ2n) is 6.07. The van der Waals surface area contributed by atoms with Crippen molar-refractivity contribution < 1.29 is 0 Å². The molecule has 0 fully saturated rings. The monoisotopic (exact) mass is 308 g/mol. The molecule has 1 aromatic carbocycles. The average molecular weight is 308 g/mol. The minimum Gasteiger partial charge on any atom is -0.148 e. The van der Waals surface area contributed by atoms with E-state index in [0.29, 0.717) is 0 Å². The molecule has 104 valence electrons. The van der Waals surface area contributed by atoms with Crippen LogP contribution in [0.25, 0.3) is 22.3 Å². The predicted molar refractivity (Wildman–Crippen MR) is 92.6 cm³/mol. The summed E-state index contributed by atoms with van der Waals surface area (Å²) in [5.41, 5.74) is 9.29. The number of aryl methyl sites for hydroxylation is 3. The van der Waals surface area contributed by atoms with E-state index >= 15 is 0 Å². The summed E-state index contributed by atoms with van der Waals surface area (Å²) >= 11 is 3.90. The Morgan fingerprint density at radius 3 is 2.29 bits per heavy atom. The van der Waals surface area contributed by atoms with Crippen molar-refractivity contribution in [2.75, 3.05) is 0 Å². The third-order valence-electron chi connectivity index (χ3n) is 4.89. The van der Waals surface area contributed by atoms with Crippen molar-refractivity contribution in [1.82, 2.24) is 0 Å². The molecular formula is C19H16S2. The highest BCUT2D eigenvalue weighted by atomic mass is 32.1. The van der Waals surface area contributed by atoms with Crippen LogP contribution in [0.5, 0.6) is 0 Å². The first-order valence-corrected chi connectivity index (χ1v) is 9.32. The van der Waals surface area contributed by atoms with E-state index in [-0.39, 0.29) is 0 Å². The van der Waals surface area contributed by atoms with Gasteiger partial charge in [0.05, 0.1) is 0 Å². The van der Waals surface area contributed by atoms with Gasteiger partial charge in [-0.1, -0.05) is 12.1 Å². The number of hydrogen-bond donors (Lipinski definition) is 0. The van der Waals surface area contributed by atoms with Crippen LogP contribution in [0.15, 0.2) is 29.6 Å². The van der Waals surface area contributed by atoms with Gasteiger partial charge in [-0.05, 0) is 83.5 Å². The van der Waals surface area contributed by atoms with E-state index in [2.05, 4.69) is 36.6 Å². The molecule has 0 unspecified atom stereocenters. The highest BCUT2D eigenvalue weighted by Crippen LogP contribution is 2.45. The summed E-state index contributed by atoms with van der Waals surface area (Å²) in [4.78, 5) is 4.61. The largest absolute Gasteiger partial charge is 0.148 e. The fraction of sp³-hybridized carbons (Fsp3) is 0.263. The van der Waals surface area contributed by atoms with Gasteiger partial charge in [-0.15, -0.1) is 22.7 Å². The van der Waals surface area contributed by atoms with E-state index in [4.69, 9.17) is 0 Å². The van der Waals surface area contributed by atoms with Crippen LogP contribution in [0.3, 0.4) is 0 Å². The average Bonchev–Trinajstić information content (AvgIpc) is 3.11. The van der Waals surface area contributed by atoms with E-state index in [1.165, 1.54) is 52.8 Å². The normalized spacial score (nSPS) is 15.1. The number of benzene rings is 1. The molecule has 0 atom stereocenters. The molecule has 0 radical (unpaired) electrons. The first-order chi connectivity index (χ1) is 10.3. The Kier molecular flexibility index (Phi) is 2.50. The van der Waals surface area contributed by atoms with Crippen molar-refractivity contribution in [2.24, 2.45) is 0 Å². The van der Waals surface area contributed by atoms with E-state index in [9.17, 15) is 0 Å². The lowest BCUT2D eigenvalue weighted by Crippen LogP contribution is -2.10. The molecule has 0 bridgehead atoms. The second-order valence-corrected chi connectivity index (χ2v) is 8.41. The molecule has 5 rings (SSSR count). The van der Waals surface area contributed by atoms with Gasteiger partial charge in [0.2, 0.25) is 0 Å². The second kappa shape index (κ2) is 4.31. The summed E-state index contributed by atoms with van der Waals surface area (Å²) in [5.74, 6) is 0. The molecular weight excluding hydrogens is 292 g/mol.